The van der Waals surface area contributed by atoms with Crippen molar-refractivity contribution in [1.82, 2.24) is 10.2 Å². The molecule has 0 aromatic heterocycles. The number of carbonyl (C=O) groups excluding carboxylic acids is 2. The molecule has 5 aliphatic rings. The van der Waals surface area contributed by atoms with Crippen LogP contribution in [0.5, 0.6) is 0 Å². The molecule has 3 saturated carbocycles. The molecule has 10 atom stereocenters. The number of allylic oxidation sites excluding steroid dienone is 1. The van der Waals surface area contributed by atoms with Gasteiger partial charge < -0.3 is 25.2 Å². The Hall–Kier alpha value is -0.870. The Labute approximate surface area is 298 Å². The van der Waals surface area contributed by atoms with E-state index in [4.69, 9.17) is 4.74 Å². The Kier molecular flexibility index (Phi) is 12.4. The number of nitrogens with one attached hydrogen (secondary N) is 1. The first-order chi connectivity index (χ1) is 22.3. The van der Waals surface area contributed by atoms with E-state index < -0.39 is 6.10 Å². The highest BCUT2D eigenvalue weighted by atomic mass is 127. The lowest BCUT2D eigenvalue weighted by Gasteiger charge is -2.60. The highest BCUT2D eigenvalue weighted by Gasteiger charge is 2.64. The number of β-amino-alcohol motifs (C(OH)–C–C–N with tert-alkyl or cyclic N) is 1. The zero-order chi connectivity index (χ0) is 34.0. The van der Waals surface area contributed by atoms with Crippen LogP contribution in [0.25, 0.3) is 0 Å². The third-order valence-electron chi connectivity index (χ3n) is 14.0. The standard InChI is InChI=1S/C39H65IN2O5/c1-26(2)10-9-11-27(3)39(40)20-17-34-32-14-13-28-22-31(15-18-37(28,4)33(32)16-19-38(34,39)5)47-36(46)41-21-8-6-7-12-35(45)42-24-30(44)23-29(42)25-43/h13,26-27,29-34,43-44H,6-12,14-25H2,1-5H3,(H,41,46)/t27-,29+,30-,31+,32?,33+,34+,37+,38+,39+/m1/s1. The Morgan fingerprint density at radius 1 is 1.04 bits per heavy atom. The van der Waals surface area contributed by atoms with Gasteiger partial charge in [0.25, 0.3) is 0 Å². The monoisotopic (exact) mass is 768 g/mol. The van der Waals surface area contributed by atoms with Gasteiger partial charge in [0.2, 0.25) is 5.91 Å². The van der Waals surface area contributed by atoms with Gasteiger partial charge in [0.15, 0.2) is 0 Å². The Balaban J connectivity index is 1.06. The van der Waals surface area contributed by atoms with Crippen molar-refractivity contribution in [2.45, 2.75) is 159 Å². The summed E-state index contributed by atoms with van der Waals surface area (Å²) < 4.78 is 6.37. The van der Waals surface area contributed by atoms with Crippen LogP contribution in [0.2, 0.25) is 0 Å². The third-order valence-corrected chi connectivity index (χ3v) is 16.8. The number of alkyl carbamates (subject to hydrolysis) is 1. The second-order valence-electron chi connectivity index (χ2n) is 17.1. The molecule has 7 nitrogen and oxygen atoms in total. The fourth-order valence-corrected chi connectivity index (χ4v) is 12.4. The highest BCUT2D eigenvalue weighted by Crippen LogP contribution is 2.70. The van der Waals surface area contributed by atoms with E-state index in [1.807, 2.05) is 0 Å². The zero-order valence-electron chi connectivity index (χ0n) is 30.1. The maximum atomic E-state index is 12.7. The minimum absolute atomic E-state index is 0.00803. The van der Waals surface area contributed by atoms with Crippen LogP contribution in [0, 0.1) is 40.4 Å². The van der Waals surface area contributed by atoms with Gasteiger partial charge >= 0.3 is 6.09 Å². The Morgan fingerprint density at radius 3 is 2.55 bits per heavy atom. The van der Waals surface area contributed by atoms with Crippen LogP contribution in [0.4, 0.5) is 4.79 Å². The summed E-state index contributed by atoms with van der Waals surface area (Å²) in [6.07, 6.45) is 18.6. The average molecular weight is 769 g/mol. The van der Waals surface area contributed by atoms with Crippen molar-refractivity contribution < 1.29 is 24.5 Å². The number of likely N-dealkylation sites (tertiary alicyclic amines) is 1. The van der Waals surface area contributed by atoms with Crippen LogP contribution in [-0.4, -0.2) is 68.5 Å². The lowest BCUT2D eigenvalue weighted by atomic mass is 9.47. The maximum absolute atomic E-state index is 12.7. The summed E-state index contributed by atoms with van der Waals surface area (Å²) in [5, 5.41) is 22.2. The Morgan fingerprint density at radius 2 is 1.81 bits per heavy atom. The van der Waals surface area contributed by atoms with E-state index in [1.165, 1.54) is 51.4 Å². The molecular formula is C39H65IN2O5. The smallest absolute Gasteiger partial charge is 0.407 e. The molecule has 3 N–H and O–H groups in total. The number of hydrogen-bond donors (Lipinski definition) is 3. The second kappa shape index (κ2) is 15.6. The molecule has 1 unspecified atom stereocenters. The van der Waals surface area contributed by atoms with Gasteiger partial charge in [0, 0.05) is 29.4 Å². The van der Waals surface area contributed by atoms with E-state index in [0.29, 0.717) is 34.8 Å². The maximum Gasteiger partial charge on any atom is 0.407 e. The molecule has 268 valence electrons. The van der Waals surface area contributed by atoms with Gasteiger partial charge in [0.05, 0.1) is 18.8 Å². The molecule has 0 spiro atoms. The number of carbonyl (C=O) groups is 2. The van der Waals surface area contributed by atoms with E-state index in [1.54, 1.807) is 10.5 Å². The molecule has 4 aliphatic carbocycles. The van der Waals surface area contributed by atoms with E-state index in [0.717, 1.165) is 68.1 Å². The van der Waals surface area contributed by atoms with Gasteiger partial charge in [0.1, 0.15) is 6.10 Å². The van der Waals surface area contributed by atoms with Gasteiger partial charge in [-0.15, -0.1) is 0 Å². The molecule has 5 rings (SSSR count). The predicted octanol–water partition coefficient (Wildman–Crippen LogP) is 8.19. The number of alkyl halides is 1. The number of fused-ring (bicyclic) bond motifs is 5. The first-order valence-corrected chi connectivity index (χ1v) is 20.3. The average Bonchev–Trinajstić information content (AvgIpc) is 3.55. The topological polar surface area (TPSA) is 99.1 Å². The SMILES string of the molecule is CC(C)CCC[C@@H](C)[C@@]1(I)CC[C@H]2C3CC=C4C[C@@H](OC(=O)NCCCCCC(=O)N5C[C@H](O)C[C@H]5CO)CC[C@]4(C)[C@H]3CC[C@@]21C. The predicted molar refractivity (Wildman–Crippen MR) is 196 cm³/mol. The molecule has 8 heteroatoms. The summed E-state index contributed by atoms with van der Waals surface area (Å²) in [7, 11) is 0. The Bertz CT molecular complexity index is 1130. The summed E-state index contributed by atoms with van der Waals surface area (Å²) in [4.78, 5) is 26.8. The van der Waals surface area contributed by atoms with E-state index in [-0.39, 0.29) is 36.2 Å². The molecular weight excluding hydrogens is 703 g/mol. The second-order valence-corrected chi connectivity index (χ2v) is 19.0. The third kappa shape index (κ3) is 7.74. The summed E-state index contributed by atoms with van der Waals surface area (Å²) in [5.74, 6) is 3.93. The van der Waals surface area contributed by atoms with Gasteiger partial charge in [-0.1, -0.05) is 88.1 Å². The van der Waals surface area contributed by atoms with E-state index >= 15 is 0 Å². The van der Waals surface area contributed by atoms with Crippen molar-refractivity contribution in [2.24, 2.45) is 40.4 Å². The molecule has 0 aromatic carbocycles. The summed E-state index contributed by atoms with van der Waals surface area (Å²) in [5.41, 5.74) is 2.22. The number of aliphatic hydroxyl groups excluding tert-OH is 2. The molecule has 1 aliphatic heterocycles. The highest BCUT2D eigenvalue weighted by molar-refractivity contribution is 14.1. The van der Waals surface area contributed by atoms with Gasteiger partial charge in [-0.2, -0.15) is 0 Å². The number of halogens is 1. The molecule has 1 heterocycles. The van der Waals surface area contributed by atoms with E-state index in [2.05, 4.69) is 68.6 Å². The number of rotatable bonds is 13. The molecule has 2 amide bonds. The number of unbranched alkanes of at least 4 members (excludes halogenated alkanes) is 2. The van der Waals surface area contributed by atoms with Crippen LogP contribution in [0.3, 0.4) is 0 Å². The molecule has 47 heavy (non-hydrogen) atoms. The van der Waals surface area contributed by atoms with Crippen LogP contribution < -0.4 is 5.32 Å². The van der Waals surface area contributed by atoms with Gasteiger partial charge in [-0.05, 0) is 111 Å². The summed E-state index contributed by atoms with van der Waals surface area (Å²) >= 11 is 2.95. The normalized spacial score (nSPS) is 38.7. The zero-order valence-corrected chi connectivity index (χ0v) is 32.2. The van der Waals surface area contributed by atoms with Crippen LogP contribution in [0.1, 0.15) is 137 Å². The van der Waals surface area contributed by atoms with Crippen LogP contribution >= 0.6 is 22.6 Å². The first-order valence-electron chi connectivity index (χ1n) is 19.2. The van der Waals surface area contributed by atoms with Crippen molar-refractivity contribution in [3.63, 3.8) is 0 Å². The van der Waals surface area contributed by atoms with Crippen LogP contribution in [-0.2, 0) is 9.53 Å². The quantitative estimate of drug-likeness (QED) is 0.0760. The summed E-state index contributed by atoms with van der Waals surface area (Å²) in [6.45, 7) is 13.2. The number of aliphatic hydroxyl groups is 2. The minimum Gasteiger partial charge on any atom is -0.446 e. The number of nitrogens with zero attached hydrogens (tertiary/aromatic N) is 1. The van der Waals surface area contributed by atoms with Crippen molar-refractivity contribution in [1.29, 1.82) is 0 Å². The van der Waals surface area contributed by atoms with Crippen molar-refractivity contribution in [2.75, 3.05) is 19.7 Å². The number of amides is 2. The summed E-state index contributed by atoms with van der Waals surface area (Å²) in [6, 6.07) is -0.266. The van der Waals surface area contributed by atoms with Crippen molar-refractivity contribution in [3.05, 3.63) is 11.6 Å². The lowest BCUT2D eigenvalue weighted by molar-refractivity contribution is -0.133. The largest absolute Gasteiger partial charge is 0.446 e. The fraction of sp³-hybridized carbons (Fsp3) is 0.897. The number of hydrogen-bond acceptors (Lipinski definition) is 5. The first kappa shape index (κ1) is 37.4. The number of ether oxygens (including phenoxy) is 1. The van der Waals surface area contributed by atoms with Gasteiger partial charge in [-0.25, -0.2) is 4.79 Å². The van der Waals surface area contributed by atoms with Crippen molar-refractivity contribution >= 4 is 34.6 Å². The minimum atomic E-state index is -0.541. The molecule has 4 fully saturated rings. The lowest BCUT2D eigenvalue weighted by Crippen LogP contribution is -2.54. The van der Waals surface area contributed by atoms with Crippen LogP contribution in [0.15, 0.2) is 11.6 Å². The molecule has 0 aromatic rings. The van der Waals surface area contributed by atoms with Gasteiger partial charge in [-0.3, -0.25) is 4.79 Å². The molecule has 0 bridgehead atoms. The molecule has 0 radical (unpaired) electrons. The fourth-order valence-electron chi connectivity index (χ4n) is 11.1. The molecule has 1 saturated heterocycles. The van der Waals surface area contributed by atoms with Crippen molar-refractivity contribution in [3.8, 4) is 0 Å². The van der Waals surface area contributed by atoms with E-state index in [9.17, 15) is 19.8 Å².